The predicted molar refractivity (Wildman–Crippen MR) is 175 cm³/mol. The first-order valence-electron chi connectivity index (χ1n) is 17.3. The third-order valence-electron chi connectivity index (χ3n) is 7.86. The van der Waals surface area contributed by atoms with Crippen LogP contribution < -0.4 is 11.5 Å². The molecule has 8 N–H and O–H groups in total. The van der Waals surface area contributed by atoms with E-state index in [0.29, 0.717) is 12.8 Å². The van der Waals surface area contributed by atoms with Crippen LogP contribution in [0.15, 0.2) is 0 Å². The van der Waals surface area contributed by atoms with Gasteiger partial charge < -0.3 is 27.2 Å². The molecule has 7 nitrogen and oxygen atoms in total. The Labute approximate surface area is 274 Å². The van der Waals surface area contributed by atoms with Gasteiger partial charge >= 0.3 is 11.9 Å². The monoisotopic (exact) mass is 784 g/mol. The summed E-state index contributed by atoms with van der Waals surface area (Å²) < 4.78 is 0. The number of aliphatic carboxylic acids is 2. The van der Waals surface area contributed by atoms with E-state index in [0.717, 1.165) is 38.5 Å². The van der Waals surface area contributed by atoms with Crippen molar-refractivity contribution < 1.29 is 46.3 Å². The SMILES string of the molecule is CCCCCCCCCCCCCC(=O)O.CCCCCCCCCCCCCC(=O)O.N[C@@H]1CCCC[C@H]1N.O.[Pt]. The summed E-state index contributed by atoms with van der Waals surface area (Å²) in [4.78, 5) is 20.5. The van der Waals surface area contributed by atoms with Crippen LogP contribution in [0.4, 0.5) is 0 Å². The first-order valence-corrected chi connectivity index (χ1v) is 17.3. The Morgan fingerprint density at radius 3 is 0.905 bits per heavy atom. The Kier molecular flexibility index (Phi) is 46.7. The van der Waals surface area contributed by atoms with Crippen molar-refractivity contribution in [3.8, 4) is 0 Å². The molecule has 42 heavy (non-hydrogen) atoms. The predicted octanol–water partition coefficient (Wildman–Crippen LogP) is 8.93. The van der Waals surface area contributed by atoms with Crippen LogP contribution in [0.3, 0.4) is 0 Å². The third-order valence-corrected chi connectivity index (χ3v) is 7.86. The summed E-state index contributed by atoms with van der Waals surface area (Å²) in [7, 11) is 0. The number of rotatable bonds is 24. The molecule has 1 aliphatic carbocycles. The van der Waals surface area contributed by atoms with E-state index in [2.05, 4.69) is 13.8 Å². The van der Waals surface area contributed by atoms with Crippen LogP contribution in [0.25, 0.3) is 0 Å². The van der Waals surface area contributed by atoms with Crippen LogP contribution in [0.1, 0.15) is 194 Å². The van der Waals surface area contributed by atoms with E-state index in [-0.39, 0.29) is 38.6 Å². The van der Waals surface area contributed by atoms with Crippen molar-refractivity contribution in [2.45, 2.75) is 206 Å². The van der Waals surface area contributed by atoms with Gasteiger partial charge in [0.25, 0.3) is 0 Å². The van der Waals surface area contributed by atoms with Crippen molar-refractivity contribution in [2.75, 3.05) is 0 Å². The standard InChI is InChI=1S/2C14H28O2.C6H14N2.H2O.Pt/c2*1-2-3-4-5-6-7-8-9-10-11-12-13-14(15)16;7-5-3-1-2-4-6(5)8;;/h2*2-13H2,1H3,(H,15,16);5-6H,1-4,7-8H2;1H2;/t;;5-,6-;;/m..1../s1. The van der Waals surface area contributed by atoms with E-state index >= 15 is 0 Å². The Bertz CT molecular complexity index is 494. The van der Waals surface area contributed by atoms with Gasteiger partial charge in [0.2, 0.25) is 0 Å². The summed E-state index contributed by atoms with van der Waals surface area (Å²) in [6.45, 7) is 4.49. The molecule has 0 spiro atoms. The number of unbranched alkanes of at least 4 members (excludes halogenated alkanes) is 20. The van der Waals surface area contributed by atoms with Crippen LogP contribution in [-0.2, 0) is 30.7 Å². The van der Waals surface area contributed by atoms with E-state index in [9.17, 15) is 9.59 Å². The van der Waals surface area contributed by atoms with Gasteiger partial charge in [0.05, 0.1) is 0 Å². The van der Waals surface area contributed by atoms with Crippen molar-refractivity contribution >= 4 is 11.9 Å². The molecular formula is C34H72N2O5Pt. The van der Waals surface area contributed by atoms with Crippen LogP contribution in [0.2, 0.25) is 0 Å². The molecule has 0 saturated heterocycles. The molecule has 0 aromatic carbocycles. The molecular weight excluding hydrogens is 711 g/mol. The van der Waals surface area contributed by atoms with Gasteiger partial charge in [-0.3, -0.25) is 9.59 Å². The van der Waals surface area contributed by atoms with Crippen LogP contribution in [-0.4, -0.2) is 39.7 Å². The molecule has 1 aliphatic rings. The molecule has 0 aliphatic heterocycles. The second-order valence-electron chi connectivity index (χ2n) is 12.0. The Morgan fingerprint density at radius 1 is 0.500 bits per heavy atom. The second kappa shape index (κ2) is 40.5. The molecule has 0 heterocycles. The van der Waals surface area contributed by atoms with E-state index in [1.54, 1.807) is 0 Å². The maximum absolute atomic E-state index is 10.3. The first-order chi connectivity index (χ1) is 19.3. The quantitative estimate of drug-likeness (QED) is 0.0716. The van der Waals surface area contributed by atoms with E-state index < -0.39 is 11.9 Å². The van der Waals surface area contributed by atoms with Crippen molar-refractivity contribution in [3.05, 3.63) is 0 Å². The number of carboxylic acid groups (broad SMARTS) is 2. The summed E-state index contributed by atoms with van der Waals surface area (Å²) in [5.41, 5.74) is 11.3. The summed E-state index contributed by atoms with van der Waals surface area (Å²) in [5, 5.41) is 16.9. The smallest absolute Gasteiger partial charge is 0.303 e. The normalized spacial score (nSPS) is 15.6. The number of hydrogen-bond donors (Lipinski definition) is 4. The number of hydrogen-bond acceptors (Lipinski definition) is 4. The fourth-order valence-electron chi connectivity index (χ4n) is 5.07. The molecule has 2 atom stereocenters. The zero-order chi connectivity index (χ0) is 30.1. The van der Waals surface area contributed by atoms with Gasteiger partial charge in [-0.15, -0.1) is 0 Å². The summed E-state index contributed by atoms with van der Waals surface area (Å²) in [6.07, 6.45) is 33.5. The van der Waals surface area contributed by atoms with Gasteiger partial charge in [-0.2, -0.15) is 0 Å². The van der Waals surface area contributed by atoms with E-state index in [1.807, 2.05) is 0 Å². The average Bonchev–Trinajstić information content (AvgIpc) is 2.92. The molecule has 0 unspecified atom stereocenters. The molecule has 0 aromatic rings. The molecule has 258 valence electrons. The molecule has 1 fully saturated rings. The van der Waals surface area contributed by atoms with Crippen LogP contribution >= 0.6 is 0 Å². The number of nitrogens with two attached hydrogens (primary N) is 2. The molecule has 8 heteroatoms. The largest absolute Gasteiger partial charge is 0.481 e. The minimum Gasteiger partial charge on any atom is -0.481 e. The van der Waals surface area contributed by atoms with Gasteiger partial charge in [0.15, 0.2) is 0 Å². The topological polar surface area (TPSA) is 158 Å². The maximum atomic E-state index is 10.3. The molecule has 1 rings (SSSR count). The molecule has 0 aromatic heterocycles. The Balaban J connectivity index is -0.000000264. The number of carbonyl (C=O) groups is 2. The molecule has 1 saturated carbocycles. The van der Waals surface area contributed by atoms with E-state index in [1.165, 1.54) is 128 Å². The number of carboxylic acids is 2. The molecule has 0 bridgehead atoms. The average molecular weight is 784 g/mol. The summed E-state index contributed by atoms with van der Waals surface area (Å²) >= 11 is 0. The first kappa shape index (κ1) is 48.4. The fourth-order valence-corrected chi connectivity index (χ4v) is 5.07. The van der Waals surface area contributed by atoms with Crippen LogP contribution in [0.5, 0.6) is 0 Å². The third kappa shape index (κ3) is 44.0. The Hall–Kier alpha value is -0.492. The van der Waals surface area contributed by atoms with Crippen molar-refractivity contribution in [3.63, 3.8) is 0 Å². The van der Waals surface area contributed by atoms with Gasteiger partial charge in [-0.25, -0.2) is 0 Å². The van der Waals surface area contributed by atoms with Crippen molar-refractivity contribution in [1.29, 1.82) is 0 Å². The minimum absolute atomic E-state index is 0. The fraction of sp³-hybridized carbons (Fsp3) is 0.941. The zero-order valence-electron chi connectivity index (χ0n) is 27.6. The minimum atomic E-state index is -0.657. The van der Waals surface area contributed by atoms with Gasteiger partial charge in [-0.1, -0.05) is 155 Å². The molecule has 0 radical (unpaired) electrons. The molecule has 0 amide bonds. The summed E-state index contributed by atoms with van der Waals surface area (Å²) in [6, 6.07) is 0.562. The van der Waals surface area contributed by atoms with Crippen LogP contribution in [0, 0.1) is 0 Å². The Morgan fingerprint density at radius 2 is 0.714 bits per heavy atom. The second-order valence-corrected chi connectivity index (χ2v) is 12.0. The van der Waals surface area contributed by atoms with Gasteiger partial charge in [0, 0.05) is 46.0 Å². The van der Waals surface area contributed by atoms with Gasteiger partial charge in [-0.05, 0) is 25.7 Å². The zero-order valence-corrected chi connectivity index (χ0v) is 29.9. The van der Waals surface area contributed by atoms with Crippen molar-refractivity contribution in [2.24, 2.45) is 11.5 Å². The van der Waals surface area contributed by atoms with Gasteiger partial charge in [0.1, 0.15) is 0 Å². The van der Waals surface area contributed by atoms with E-state index in [4.69, 9.17) is 21.7 Å². The maximum Gasteiger partial charge on any atom is 0.303 e. The van der Waals surface area contributed by atoms with Crippen molar-refractivity contribution in [1.82, 2.24) is 0 Å². The summed E-state index contributed by atoms with van der Waals surface area (Å²) in [5.74, 6) is -1.31.